The summed E-state index contributed by atoms with van der Waals surface area (Å²) in [6.07, 6.45) is -4.31. The lowest BCUT2D eigenvalue weighted by Gasteiger charge is -2.21. The van der Waals surface area contributed by atoms with Gasteiger partial charge in [-0.05, 0) is 23.1 Å². The first-order valence-corrected chi connectivity index (χ1v) is 8.48. The molecular weight excluding hydrogens is 393 g/mol. The Morgan fingerprint density at radius 2 is 1.97 bits per heavy atom. The first-order chi connectivity index (χ1) is 13.7. The highest BCUT2D eigenvalue weighted by atomic mass is 19.4. The molecule has 0 bridgehead atoms. The fourth-order valence-electron chi connectivity index (χ4n) is 2.86. The van der Waals surface area contributed by atoms with Crippen molar-refractivity contribution in [2.75, 3.05) is 25.1 Å². The molecule has 0 aliphatic rings. The van der Waals surface area contributed by atoms with Crippen LogP contribution >= 0.6 is 0 Å². The van der Waals surface area contributed by atoms with E-state index in [1.807, 2.05) is 0 Å². The Hall–Kier alpha value is -3.34. The zero-order chi connectivity index (χ0) is 21.2. The van der Waals surface area contributed by atoms with E-state index in [-0.39, 0.29) is 18.2 Å². The van der Waals surface area contributed by atoms with Crippen molar-refractivity contribution >= 4 is 17.3 Å². The van der Waals surface area contributed by atoms with Crippen molar-refractivity contribution in [3.63, 3.8) is 0 Å². The molecule has 0 aliphatic carbocycles. The number of fused-ring (bicyclic) bond motifs is 1. The molecule has 2 heterocycles. The summed E-state index contributed by atoms with van der Waals surface area (Å²) < 4.78 is 45.4. The number of imidazole rings is 1. The van der Waals surface area contributed by atoms with Crippen molar-refractivity contribution < 1.29 is 27.9 Å². The van der Waals surface area contributed by atoms with E-state index in [2.05, 4.69) is 4.98 Å². The number of aliphatic hydroxyl groups excluding tert-OH is 1. The number of ether oxygens (including phenoxy) is 1. The van der Waals surface area contributed by atoms with Crippen LogP contribution in [0, 0.1) is 10.1 Å². The lowest BCUT2D eigenvalue weighted by Crippen LogP contribution is -2.33. The molecule has 0 saturated heterocycles. The molecule has 1 N–H and O–H groups in total. The van der Waals surface area contributed by atoms with Gasteiger partial charge in [-0.1, -0.05) is 18.2 Å². The first kappa shape index (κ1) is 20.4. The number of rotatable bonds is 7. The van der Waals surface area contributed by atoms with Gasteiger partial charge in [0.15, 0.2) is 0 Å². The third kappa shape index (κ3) is 4.40. The number of pyridine rings is 1. The molecule has 1 atom stereocenters. The summed E-state index contributed by atoms with van der Waals surface area (Å²) in [6, 6.07) is 9.56. The Morgan fingerprint density at radius 1 is 1.28 bits per heavy atom. The molecule has 2 aromatic heterocycles. The van der Waals surface area contributed by atoms with Gasteiger partial charge in [-0.3, -0.25) is 0 Å². The number of halogens is 3. The van der Waals surface area contributed by atoms with Crippen molar-refractivity contribution in [1.29, 1.82) is 0 Å². The normalized spacial score (nSPS) is 12.7. The van der Waals surface area contributed by atoms with Gasteiger partial charge in [0.05, 0.1) is 11.8 Å². The van der Waals surface area contributed by atoms with Gasteiger partial charge in [0.25, 0.3) is 0 Å². The van der Waals surface area contributed by atoms with E-state index in [0.29, 0.717) is 5.65 Å². The summed E-state index contributed by atoms with van der Waals surface area (Å²) in [7, 11) is 1.49. The molecule has 11 heteroatoms. The SMILES string of the molecule is CN(CC(O)COc1ccccc1C(F)(F)F)c1nc2ccccn2c1[N+](=O)[O-]. The van der Waals surface area contributed by atoms with Gasteiger partial charge in [-0.25, -0.2) is 0 Å². The van der Waals surface area contributed by atoms with Crippen LogP contribution in [0.3, 0.4) is 0 Å². The van der Waals surface area contributed by atoms with Crippen molar-refractivity contribution in [1.82, 2.24) is 9.38 Å². The number of alkyl halides is 3. The molecule has 29 heavy (non-hydrogen) atoms. The van der Waals surface area contributed by atoms with Gasteiger partial charge in [-0.15, -0.1) is 0 Å². The fourth-order valence-corrected chi connectivity index (χ4v) is 2.86. The van der Waals surface area contributed by atoms with Crippen LogP contribution in [-0.4, -0.2) is 45.7 Å². The number of hydrogen-bond donors (Lipinski definition) is 1. The molecule has 0 amide bonds. The Balaban J connectivity index is 1.72. The van der Waals surface area contributed by atoms with E-state index in [0.717, 1.165) is 12.1 Å². The molecule has 8 nitrogen and oxygen atoms in total. The van der Waals surface area contributed by atoms with Crippen molar-refractivity contribution in [3.05, 3.63) is 64.3 Å². The first-order valence-electron chi connectivity index (χ1n) is 8.48. The summed E-state index contributed by atoms with van der Waals surface area (Å²) in [4.78, 5) is 16.4. The number of nitro groups is 1. The van der Waals surface area contributed by atoms with Gasteiger partial charge < -0.3 is 24.9 Å². The molecule has 0 spiro atoms. The Kier molecular flexibility index (Phi) is 5.59. The number of hydrogen-bond acceptors (Lipinski definition) is 6. The van der Waals surface area contributed by atoms with Gasteiger partial charge >= 0.3 is 12.0 Å². The van der Waals surface area contributed by atoms with Crippen molar-refractivity contribution in [3.8, 4) is 5.75 Å². The second kappa shape index (κ2) is 7.95. The molecule has 3 aromatic rings. The van der Waals surface area contributed by atoms with Crippen LogP contribution in [0.15, 0.2) is 48.7 Å². The average molecular weight is 410 g/mol. The minimum atomic E-state index is -4.59. The third-order valence-electron chi connectivity index (χ3n) is 4.13. The van der Waals surface area contributed by atoms with Crippen LogP contribution in [-0.2, 0) is 6.18 Å². The van der Waals surface area contributed by atoms with E-state index in [9.17, 15) is 28.4 Å². The summed E-state index contributed by atoms with van der Waals surface area (Å²) in [5, 5.41) is 21.6. The van der Waals surface area contributed by atoms with E-state index in [4.69, 9.17) is 4.74 Å². The Labute approximate surface area is 162 Å². The summed E-state index contributed by atoms with van der Waals surface area (Å²) >= 11 is 0. The van der Waals surface area contributed by atoms with E-state index in [1.54, 1.807) is 18.2 Å². The summed E-state index contributed by atoms with van der Waals surface area (Å²) in [5.41, 5.74) is -0.595. The van der Waals surface area contributed by atoms with Crippen LogP contribution < -0.4 is 9.64 Å². The number of aromatic nitrogens is 2. The molecule has 0 aliphatic heterocycles. The molecule has 3 rings (SSSR count). The lowest BCUT2D eigenvalue weighted by atomic mass is 10.2. The van der Waals surface area contributed by atoms with Crippen LogP contribution in [0.5, 0.6) is 5.75 Å². The molecule has 1 unspecified atom stereocenters. The number of nitrogens with zero attached hydrogens (tertiary/aromatic N) is 4. The van der Waals surface area contributed by atoms with E-state index < -0.39 is 35.1 Å². The minimum Gasteiger partial charge on any atom is -0.490 e. The number of benzene rings is 1. The average Bonchev–Trinajstić information content (AvgIpc) is 3.06. The Bertz CT molecular complexity index is 1020. The summed E-state index contributed by atoms with van der Waals surface area (Å²) in [6.45, 7) is -0.572. The van der Waals surface area contributed by atoms with Crippen LogP contribution in [0.4, 0.5) is 24.8 Å². The smallest absolute Gasteiger partial charge is 0.419 e. The quantitative estimate of drug-likeness (QED) is 0.475. The molecular formula is C18H17F3N4O4. The van der Waals surface area contributed by atoms with Gasteiger partial charge in [0.2, 0.25) is 11.5 Å². The molecule has 0 saturated carbocycles. The molecule has 1 aromatic carbocycles. The van der Waals surface area contributed by atoms with Gasteiger partial charge in [-0.2, -0.15) is 22.6 Å². The highest BCUT2D eigenvalue weighted by Crippen LogP contribution is 2.36. The predicted molar refractivity (Wildman–Crippen MR) is 98.1 cm³/mol. The maximum Gasteiger partial charge on any atom is 0.419 e. The van der Waals surface area contributed by atoms with Gasteiger partial charge in [0, 0.05) is 19.7 Å². The Morgan fingerprint density at radius 3 is 2.66 bits per heavy atom. The number of aliphatic hydroxyl groups is 1. The predicted octanol–water partition coefficient (Wildman–Crippen LogP) is 3.14. The monoisotopic (exact) mass is 410 g/mol. The third-order valence-corrected chi connectivity index (χ3v) is 4.13. The van der Waals surface area contributed by atoms with E-state index >= 15 is 0 Å². The largest absolute Gasteiger partial charge is 0.490 e. The maximum absolute atomic E-state index is 13.0. The lowest BCUT2D eigenvalue weighted by molar-refractivity contribution is -0.389. The van der Waals surface area contributed by atoms with Crippen LogP contribution in [0.1, 0.15) is 5.56 Å². The second-order valence-corrected chi connectivity index (χ2v) is 6.28. The number of anilines is 1. The van der Waals surface area contributed by atoms with Crippen molar-refractivity contribution in [2.24, 2.45) is 0 Å². The van der Waals surface area contributed by atoms with Crippen molar-refractivity contribution in [2.45, 2.75) is 12.3 Å². The highest BCUT2D eigenvalue weighted by molar-refractivity contribution is 5.63. The molecule has 0 radical (unpaired) electrons. The van der Waals surface area contributed by atoms with Crippen LogP contribution in [0.25, 0.3) is 5.65 Å². The summed E-state index contributed by atoms with van der Waals surface area (Å²) in [5.74, 6) is -0.657. The molecule has 0 fully saturated rings. The van der Waals surface area contributed by atoms with E-state index in [1.165, 1.54) is 34.7 Å². The topological polar surface area (TPSA) is 93.1 Å². The zero-order valence-corrected chi connectivity index (χ0v) is 15.2. The minimum absolute atomic E-state index is 0.0240. The van der Waals surface area contributed by atoms with Gasteiger partial charge in [0.1, 0.15) is 18.5 Å². The standard InChI is InChI=1S/C18H17F3N4O4/c1-23(16-17(25(27)28)24-9-5-4-8-15(24)22-16)10-12(26)11-29-14-7-3-2-6-13(14)18(19,20)21/h2-9,12,26H,10-11H2,1H3. The molecule has 154 valence electrons. The van der Waals surface area contributed by atoms with Crippen LogP contribution in [0.2, 0.25) is 0 Å². The fraction of sp³-hybridized carbons (Fsp3) is 0.278. The maximum atomic E-state index is 13.0. The number of likely N-dealkylation sites (N-methyl/N-ethyl adjacent to an activating group) is 1. The second-order valence-electron chi connectivity index (χ2n) is 6.28. The highest BCUT2D eigenvalue weighted by Gasteiger charge is 2.34. The number of para-hydroxylation sites is 1. The zero-order valence-electron chi connectivity index (χ0n) is 15.2.